The minimum Gasteiger partial charge on any atom is -0.497 e. The molecule has 3 rings (SSSR count). The molecule has 232 valence electrons. The molecule has 0 amide bonds. The van der Waals surface area contributed by atoms with Crippen molar-refractivity contribution in [2.75, 3.05) is 33.9 Å². The molecule has 42 heavy (non-hydrogen) atoms. The minimum atomic E-state index is -1.27. The van der Waals surface area contributed by atoms with Gasteiger partial charge in [-0.05, 0) is 68.1 Å². The number of allylic oxidation sites excluding steroid dienone is 11. The lowest BCUT2D eigenvalue weighted by Crippen LogP contribution is -2.23. The van der Waals surface area contributed by atoms with Gasteiger partial charge in [-0.15, -0.1) is 12.8 Å². The number of ether oxygens (including phenoxy) is 2. The molecule has 3 aliphatic carbocycles. The lowest BCUT2D eigenvalue weighted by atomic mass is 9.79. The number of fused-ring (bicyclic) bond motifs is 1. The van der Waals surface area contributed by atoms with Gasteiger partial charge in [0.1, 0.15) is 11.5 Å². The molecule has 0 aromatic heterocycles. The first-order valence-corrected chi connectivity index (χ1v) is 15.0. The van der Waals surface area contributed by atoms with Crippen LogP contribution in [-0.4, -0.2) is 55.5 Å². The fourth-order valence-corrected chi connectivity index (χ4v) is 5.28. The van der Waals surface area contributed by atoms with Crippen LogP contribution in [0.4, 0.5) is 0 Å². The van der Waals surface area contributed by atoms with Crippen LogP contribution in [0.15, 0.2) is 94.5 Å². The number of hydrogen-bond donors (Lipinski definition) is 4. The first kappa shape index (κ1) is 37.2. The van der Waals surface area contributed by atoms with Crippen molar-refractivity contribution in [3.8, 4) is 12.8 Å². The molecule has 0 bridgehead atoms. The van der Waals surface area contributed by atoms with Crippen LogP contribution in [0, 0.1) is 36.5 Å². The maximum Gasteiger partial charge on any atom is 0.152 e. The van der Waals surface area contributed by atoms with Gasteiger partial charge >= 0.3 is 0 Å². The molecule has 0 aromatic rings. The summed E-state index contributed by atoms with van der Waals surface area (Å²) in [5.74, 6) is 3.19. The number of rotatable bonds is 15. The SMILES string of the molecule is C#C.C/C=C(\C=C/CC(CC)C(COC1=CC2C=CC(OC)=CC2C=C1)C1=CC=C(Cl)CC1)CNCCC(O)O.CO. The lowest BCUT2D eigenvalue weighted by Gasteiger charge is -2.31. The van der Waals surface area contributed by atoms with E-state index in [1.807, 2.05) is 19.1 Å². The number of methoxy groups -OCH3 is 1. The number of aliphatic hydroxyl groups is 3. The second kappa shape index (κ2) is 21.8. The monoisotopic (exact) mass is 599 g/mol. The predicted octanol–water partition coefficient (Wildman–Crippen LogP) is 6.32. The maximum atomic E-state index is 9.02. The molecule has 0 aliphatic heterocycles. The molecule has 0 fully saturated rings. The standard InChI is InChI=1S/C32H44ClNO4.C2H2.CH4O/c1-4-23(21-34-18-17-32(35)36)7-6-8-24(5-2)31(25-9-13-28(33)14-10-25)22-38-30-16-12-26-19-29(37-3)15-11-27(26)20-30;2*1-2/h4,6-7,9,11-13,15-16,19-20,24,26-27,31-32,34-36H,5,8,10,14,17-18,21-22H2,1-3H3;1-2H;2H,1H3/b7-6-,23-4+;;. The van der Waals surface area contributed by atoms with Gasteiger partial charge in [-0.25, -0.2) is 0 Å². The van der Waals surface area contributed by atoms with Crippen molar-refractivity contribution >= 4 is 11.6 Å². The first-order chi connectivity index (χ1) is 20.4. The Bertz CT molecular complexity index is 1060. The molecule has 7 heteroatoms. The molecule has 4 atom stereocenters. The van der Waals surface area contributed by atoms with Crippen molar-refractivity contribution in [3.05, 3.63) is 94.5 Å². The van der Waals surface area contributed by atoms with Crippen molar-refractivity contribution < 1.29 is 24.8 Å². The highest BCUT2D eigenvalue weighted by Gasteiger charge is 2.26. The third kappa shape index (κ3) is 13.0. The van der Waals surface area contributed by atoms with Crippen LogP contribution in [0.3, 0.4) is 0 Å². The average Bonchev–Trinajstić information content (AvgIpc) is 3.03. The molecule has 0 saturated carbocycles. The second-order valence-corrected chi connectivity index (χ2v) is 10.6. The Labute approximate surface area is 258 Å². The van der Waals surface area contributed by atoms with E-state index in [0.717, 1.165) is 49.3 Å². The summed E-state index contributed by atoms with van der Waals surface area (Å²) in [4.78, 5) is 0. The third-order valence-electron chi connectivity index (χ3n) is 7.54. The van der Waals surface area contributed by atoms with E-state index in [9.17, 15) is 0 Å². The highest BCUT2D eigenvalue weighted by Crippen LogP contribution is 2.36. The molecule has 4 unspecified atom stereocenters. The Hall–Kier alpha value is -2.79. The number of nitrogens with one attached hydrogen (secondary N) is 1. The van der Waals surface area contributed by atoms with E-state index in [4.69, 9.17) is 36.4 Å². The number of halogens is 1. The van der Waals surface area contributed by atoms with E-state index in [1.54, 1.807) is 7.11 Å². The van der Waals surface area contributed by atoms with E-state index in [1.165, 1.54) is 11.1 Å². The predicted molar refractivity (Wildman–Crippen MR) is 174 cm³/mol. The molecule has 0 spiro atoms. The molecule has 0 radical (unpaired) electrons. The van der Waals surface area contributed by atoms with Crippen LogP contribution in [0.25, 0.3) is 0 Å². The summed E-state index contributed by atoms with van der Waals surface area (Å²) in [6.07, 6.45) is 34.6. The van der Waals surface area contributed by atoms with Crippen LogP contribution in [0.5, 0.6) is 0 Å². The Morgan fingerprint density at radius 3 is 2.33 bits per heavy atom. The van der Waals surface area contributed by atoms with E-state index >= 15 is 0 Å². The zero-order chi connectivity index (χ0) is 31.3. The summed E-state index contributed by atoms with van der Waals surface area (Å²) < 4.78 is 11.8. The van der Waals surface area contributed by atoms with Crippen molar-refractivity contribution in [1.82, 2.24) is 5.32 Å². The molecule has 6 nitrogen and oxygen atoms in total. The summed E-state index contributed by atoms with van der Waals surface area (Å²) in [6.45, 7) is 6.20. The van der Waals surface area contributed by atoms with Gasteiger partial charge in [-0.3, -0.25) is 0 Å². The van der Waals surface area contributed by atoms with Gasteiger partial charge in [0, 0.05) is 49.4 Å². The summed E-state index contributed by atoms with van der Waals surface area (Å²) in [5, 5.41) is 29.2. The van der Waals surface area contributed by atoms with Crippen LogP contribution in [0.2, 0.25) is 0 Å². The van der Waals surface area contributed by atoms with Gasteiger partial charge in [0.2, 0.25) is 0 Å². The number of terminal acetylenes is 1. The summed E-state index contributed by atoms with van der Waals surface area (Å²) in [6, 6.07) is 0. The Kier molecular flexibility index (Phi) is 19.4. The van der Waals surface area contributed by atoms with E-state index in [-0.39, 0.29) is 0 Å². The molecular weight excluding hydrogens is 550 g/mol. The van der Waals surface area contributed by atoms with Gasteiger partial charge < -0.3 is 30.1 Å². The first-order valence-electron chi connectivity index (χ1n) is 14.6. The number of hydrogen-bond acceptors (Lipinski definition) is 6. The Morgan fingerprint density at radius 1 is 1.10 bits per heavy atom. The molecule has 0 saturated heterocycles. The highest BCUT2D eigenvalue weighted by molar-refractivity contribution is 6.29. The Morgan fingerprint density at radius 2 is 1.76 bits per heavy atom. The van der Waals surface area contributed by atoms with Gasteiger partial charge in [0.25, 0.3) is 0 Å². The van der Waals surface area contributed by atoms with Gasteiger partial charge in [-0.2, -0.15) is 0 Å². The van der Waals surface area contributed by atoms with Gasteiger partial charge in [0.05, 0.1) is 13.7 Å². The van der Waals surface area contributed by atoms with Crippen molar-refractivity contribution in [1.29, 1.82) is 0 Å². The van der Waals surface area contributed by atoms with Gasteiger partial charge in [0.15, 0.2) is 6.29 Å². The van der Waals surface area contributed by atoms with Crippen LogP contribution in [0.1, 0.15) is 46.0 Å². The lowest BCUT2D eigenvalue weighted by molar-refractivity contribution is -0.0442. The molecular formula is C35H50ClNO5. The number of aliphatic hydroxyl groups excluding tert-OH is 2. The summed E-state index contributed by atoms with van der Waals surface area (Å²) in [7, 11) is 2.71. The fraction of sp³-hybridized carbons (Fsp3) is 0.486. The summed E-state index contributed by atoms with van der Waals surface area (Å²) >= 11 is 6.28. The minimum absolute atomic E-state index is 0.293. The summed E-state index contributed by atoms with van der Waals surface area (Å²) in [5.41, 5.74) is 2.60. The van der Waals surface area contributed by atoms with Crippen molar-refractivity contribution in [2.24, 2.45) is 23.7 Å². The smallest absolute Gasteiger partial charge is 0.152 e. The Balaban J connectivity index is 0.00000211. The molecule has 3 aliphatic rings. The zero-order valence-corrected chi connectivity index (χ0v) is 26.3. The maximum absolute atomic E-state index is 9.02. The van der Waals surface area contributed by atoms with Crippen molar-refractivity contribution in [2.45, 2.75) is 52.2 Å². The quantitative estimate of drug-likeness (QED) is 0.0763. The average molecular weight is 600 g/mol. The topological polar surface area (TPSA) is 91.2 Å². The second-order valence-electron chi connectivity index (χ2n) is 10.1. The van der Waals surface area contributed by atoms with E-state index in [0.29, 0.717) is 49.8 Å². The van der Waals surface area contributed by atoms with E-state index < -0.39 is 6.29 Å². The van der Waals surface area contributed by atoms with Crippen LogP contribution >= 0.6 is 11.6 Å². The normalized spacial score (nSPS) is 21.0. The van der Waals surface area contributed by atoms with E-state index in [2.05, 4.69) is 79.8 Å². The fourth-order valence-electron chi connectivity index (χ4n) is 5.12. The molecule has 4 N–H and O–H groups in total. The highest BCUT2D eigenvalue weighted by atomic mass is 35.5. The van der Waals surface area contributed by atoms with Crippen LogP contribution in [-0.2, 0) is 9.47 Å². The largest absolute Gasteiger partial charge is 0.497 e. The zero-order valence-electron chi connectivity index (χ0n) is 25.6. The van der Waals surface area contributed by atoms with Crippen LogP contribution < -0.4 is 5.32 Å². The third-order valence-corrected chi connectivity index (χ3v) is 7.85. The van der Waals surface area contributed by atoms with Crippen molar-refractivity contribution in [3.63, 3.8) is 0 Å². The van der Waals surface area contributed by atoms with Gasteiger partial charge in [-0.1, -0.05) is 67.0 Å². The molecule has 0 aromatic carbocycles. The molecule has 0 heterocycles.